The summed E-state index contributed by atoms with van der Waals surface area (Å²) >= 11 is 2.16. The van der Waals surface area contributed by atoms with Gasteiger partial charge in [0.2, 0.25) is 0 Å². The molecule has 0 bridgehead atoms. The number of rotatable bonds is 6. The molecule has 120 valence electrons. The molecule has 0 aliphatic carbocycles. The van der Waals surface area contributed by atoms with E-state index < -0.39 is 0 Å². The Labute approximate surface area is 148 Å². The lowest BCUT2D eigenvalue weighted by molar-refractivity contribution is 0.0936. The number of hydrogen-bond acceptors (Lipinski definition) is 3. The first-order valence-electron chi connectivity index (χ1n) is 7.04. The van der Waals surface area contributed by atoms with E-state index in [1.165, 1.54) is 0 Å². The number of hydrogen-bond donors (Lipinski definition) is 2. The number of ether oxygens (including phenoxy) is 1. The van der Waals surface area contributed by atoms with E-state index in [9.17, 15) is 9.59 Å². The summed E-state index contributed by atoms with van der Waals surface area (Å²) in [6.07, 6.45) is 0. The summed E-state index contributed by atoms with van der Waals surface area (Å²) in [4.78, 5) is 24.2. The number of halogens is 1. The minimum absolute atomic E-state index is 0.201. The van der Waals surface area contributed by atoms with Gasteiger partial charge in [-0.2, -0.15) is 0 Å². The number of carbonyl (C=O) groups is 2. The molecule has 2 aromatic rings. The summed E-state index contributed by atoms with van der Waals surface area (Å²) in [7, 11) is 1.58. The van der Waals surface area contributed by atoms with Gasteiger partial charge in [0.05, 0.1) is 6.61 Å². The maximum atomic E-state index is 12.2. The predicted octanol–water partition coefficient (Wildman–Crippen LogP) is 2.92. The second kappa shape index (κ2) is 8.64. The van der Waals surface area contributed by atoms with Gasteiger partial charge in [0, 0.05) is 34.0 Å². The molecular weight excluding hydrogens is 407 g/mol. The molecule has 2 rings (SSSR count). The van der Waals surface area contributed by atoms with E-state index in [1.54, 1.807) is 43.5 Å². The highest BCUT2D eigenvalue weighted by atomic mass is 127. The van der Waals surface area contributed by atoms with Crippen LogP contribution >= 0.6 is 22.6 Å². The number of nitrogens with one attached hydrogen (secondary N) is 2. The van der Waals surface area contributed by atoms with Gasteiger partial charge in [-0.25, -0.2) is 0 Å². The minimum Gasteiger partial charge on any atom is -0.383 e. The summed E-state index contributed by atoms with van der Waals surface area (Å²) < 4.78 is 5.88. The van der Waals surface area contributed by atoms with Crippen LogP contribution in [-0.4, -0.2) is 32.1 Å². The topological polar surface area (TPSA) is 67.4 Å². The van der Waals surface area contributed by atoms with Gasteiger partial charge in [-0.15, -0.1) is 0 Å². The van der Waals surface area contributed by atoms with Crippen molar-refractivity contribution < 1.29 is 14.3 Å². The monoisotopic (exact) mass is 424 g/mol. The maximum Gasteiger partial charge on any atom is 0.255 e. The number of benzene rings is 2. The molecular formula is C17H17IN2O3. The van der Waals surface area contributed by atoms with E-state index in [-0.39, 0.29) is 11.8 Å². The van der Waals surface area contributed by atoms with Gasteiger partial charge in [0.1, 0.15) is 0 Å². The Hall–Kier alpha value is -1.93. The van der Waals surface area contributed by atoms with Crippen molar-refractivity contribution in [2.45, 2.75) is 0 Å². The molecule has 0 unspecified atom stereocenters. The van der Waals surface area contributed by atoms with Gasteiger partial charge in [0.15, 0.2) is 0 Å². The summed E-state index contributed by atoms with van der Waals surface area (Å²) in [5.41, 5.74) is 1.64. The third kappa shape index (κ3) is 5.33. The molecule has 0 spiro atoms. The van der Waals surface area contributed by atoms with Gasteiger partial charge in [-0.1, -0.05) is 12.1 Å². The van der Waals surface area contributed by atoms with Crippen LogP contribution in [0.5, 0.6) is 0 Å². The van der Waals surface area contributed by atoms with Crippen molar-refractivity contribution in [2.24, 2.45) is 0 Å². The zero-order valence-electron chi connectivity index (χ0n) is 12.6. The number of amides is 2. The molecule has 6 heteroatoms. The largest absolute Gasteiger partial charge is 0.383 e. The van der Waals surface area contributed by atoms with E-state index in [4.69, 9.17) is 4.74 Å². The lowest BCUT2D eigenvalue weighted by Crippen LogP contribution is -2.27. The second-order valence-corrected chi connectivity index (χ2v) is 6.04. The normalized spacial score (nSPS) is 10.2. The lowest BCUT2D eigenvalue weighted by atomic mass is 10.1. The Bertz CT molecular complexity index is 704. The summed E-state index contributed by atoms with van der Waals surface area (Å²) in [6.45, 7) is 0.892. The standard InChI is InChI=1S/C17H17IN2O3/c1-23-9-8-19-16(21)13-5-3-7-15(11-13)20-17(22)12-4-2-6-14(18)10-12/h2-7,10-11H,8-9H2,1H3,(H,19,21)(H,20,22). The average Bonchev–Trinajstić information content (AvgIpc) is 2.55. The van der Waals surface area contributed by atoms with Crippen LogP contribution in [0.2, 0.25) is 0 Å². The molecule has 0 aromatic heterocycles. The molecule has 2 amide bonds. The SMILES string of the molecule is COCCNC(=O)c1cccc(NC(=O)c2cccc(I)c2)c1. The fourth-order valence-electron chi connectivity index (χ4n) is 1.94. The number of anilines is 1. The Morgan fingerprint density at radius 3 is 2.43 bits per heavy atom. The van der Waals surface area contributed by atoms with Crippen LogP contribution in [0, 0.1) is 3.57 Å². The summed E-state index contributed by atoms with van der Waals surface area (Å²) in [5.74, 6) is -0.409. The third-order valence-electron chi connectivity index (χ3n) is 3.06. The molecule has 0 heterocycles. The van der Waals surface area contributed by atoms with Crippen LogP contribution in [-0.2, 0) is 4.74 Å². The summed E-state index contributed by atoms with van der Waals surface area (Å²) in [6, 6.07) is 14.1. The molecule has 2 aromatic carbocycles. The predicted molar refractivity (Wildman–Crippen MR) is 97.8 cm³/mol. The molecule has 0 radical (unpaired) electrons. The van der Waals surface area contributed by atoms with Crippen molar-refractivity contribution in [3.05, 3.63) is 63.2 Å². The molecule has 0 atom stereocenters. The van der Waals surface area contributed by atoms with Crippen LogP contribution in [0.15, 0.2) is 48.5 Å². The number of methoxy groups -OCH3 is 1. The van der Waals surface area contributed by atoms with Gasteiger partial charge in [-0.3, -0.25) is 9.59 Å². The molecule has 0 saturated carbocycles. The van der Waals surface area contributed by atoms with Crippen molar-refractivity contribution in [3.8, 4) is 0 Å². The fourth-order valence-corrected chi connectivity index (χ4v) is 2.48. The maximum absolute atomic E-state index is 12.2. The van der Waals surface area contributed by atoms with E-state index in [1.807, 2.05) is 12.1 Å². The van der Waals surface area contributed by atoms with Crippen LogP contribution in [0.25, 0.3) is 0 Å². The Kier molecular flexibility index (Phi) is 6.54. The fraction of sp³-hybridized carbons (Fsp3) is 0.176. The molecule has 0 saturated heterocycles. The summed E-state index contributed by atoms with van der Waals surface area (Å²) in [5, 5.41) is 5.54. The minimum atomic E-state index is -0.208. The van der Waals surface area contributed by atoms with E-state index in [2.05, 4.69) is 33.2 Å². The van der Waals surface area contributed by atoms with Gasteiger partial charge >= 0.3 is 0 Å². The van der Waals surface area contributed by atoms with Crippen LogP contribution in [0.4, 0.5) is 5.69 Å². The lowest BCUT2D eigenvalue weighted by Gasteiger charge is -2.08. The van der Waals surface area contributed by atoms with Crippen LogP contribution in [0.3, 0.4) is 0 Å². The highest BCUT2D eigenvalue weighted by Gasteiger charge is 2.09. The van der Waals surface area contributed by atoms with E-state index in [0.717, 1.165) is 3.57 Å². The molecule has 0 aliphatic rings. The zero-order valence-corrected chi connectivity index (χ0v) is 14.8. The molecule has 0 aliphatic heterocycles. The van der Waals surface area contributed by atoms with Gasteiger partial charge in [-0.05, 0) is 59.0 Å². The first kappa shape index (κ1) is 17.4. The highest BCUT2D eigenvalue weighted by Crippen LogP contribution is 2.14. The zero-order chi connectivity index (χ0) is 16.7. The second-order valence-electron chi connectivity index (χ2n) is 4.79. The van der Waals surface area contributed by atoms with Crippen LogP contribution in [0.1, 0.15) is 20.7 Å². The van der Waals surface area contributed by atoms with Crippen molar-refractivity contribution >= 4 is 40.1 Å². The molecule has 23 heavy (non-hydrogen) atoms. The Morgan fingerprint density at radius 1 is 1.04 bits per heavy atom. The molecule has 2 N–H and O–H groups in total. The highest BCUT2D eigenvalue weighted by molar-refractivity contribution is 14.1. The third-order valence-corrected chi connectivity index (χ3v) is 3.73. The first-order valence-corrected chi connectivity index (χ1v) is 8.12. The van der Waals surface area contributed by atoms with Crippen molar-refractivity contribution in [3.63, 3.8) is 0 Å². The average molecular weight is 424 g/mol. The Morgan fingerprint density at radius 2 is 1.74 bits per heavy atom. The van der Waals surface area contributed by atoms with Crippen LogP contribution < -0.4 is 10.6 Å². The molecule has 5 nitrogen and oxygen atoms in total. The van der Waals surface area contributed by atoms with Crippen molar-refractivity contribution in [2.75, 3.05) is 25.6 Å². The van der Waals surface area contributed by atoms with Gasteiger partial charge in [0.25, 0.3) is 11.8 Å². The van der Waals surface area contributed by atoms with E-state index >= 15 is 0 Å². The van der Waals surface area contributed by atoms with Crippen molar-refractivity contribution in [1.29, 1.82) is 0 Å². The van der Waals surface area contributed by atoms with Gasteiger partial charge < -0.3 is 15.4 Å². The Balaban J connectivity index is 2.05. The van der Waals surface area contributed by atoms with Crippen molar-refractivity contribution in [1.82, 2.24) is 5.32 Å². The molecule has 0 fully saturated rings. The van der Waals surface area contributed by atoms with E-state index in [0.29, 0.717) is 30.0 Å². The first-order chi connectivity index (χ1) is 11.1. The quantitative estimate of drug-likeness (QED) is 0.554. The smallest absolute Gasteiger partial charge is 0.255 e. The number of carbonyl (C=O) groups excluding carboxylic acids is 2.